The van der Waals surface area contributed by atoms with Gasteiger partial charge in [-0.3, -0.25) is 0 Å². The van der Waals surface area contributed by atoms with Crippen LogP contribution < -0.4 is 5.90 Å². The van der Waals surface area contributed by atoms with E-state index in [9.17, 15) is 9.59 Å². The molecule has 0 atom stereocenters. The van der Waals surface area contributed by atoms with Crippen molar-refractivity contribution in [2.24, 2.45) is 5.90 Å². The topological polar surface area (TPSA) is 78.6 Å². The predicted molar refractivity (Wildman–Crippen MR) is 47.4 cm³/mol. The minimum atomic E-state index is -0.651. The zero-order valence-corrected chi connectivity index (χ0v) is 7.52. The number of carbonyl (C=O) groups excluding carboxylic acids is 2. The highest BCUT2D eigenvalue weighted by atomic mass is 16.7. The molecule has 5 nitrogen and oxygen atoms in total. The molecule has 0 spiro atoms. The third kappa shape index (κ3) is 2.08. The van der Waals surface area contributed by atoms with Gasteiger partial charge in [0.1, 0.15) is 0 Å². The lowest BCUT2D eigenvalue weighted by Gasteiger charge is -2.00. The van der Waals surface area contributed by atoms with Gasteiger partial charge in [-0.05, 0) is 24.3 Å². The van der Waals surface area contributed by atoms with Crippen LogP contribution in [0.5, 0.6) is 0 Å². The van der Waals surface area contributed by atoms with Crippen LogP contribution in [-0.2, 0) is 9.57 Å². The Morgan fingerprint density at radius 3 is 1.86 bits per heavy atom. The first-order valence-electron chi connectivity index (χ1n) is 3.78. The van der Waals surface area contributed by atoms with Gasteiger partial charge in [0, 0.05) is 0 Å². The van der Waals surface area contributed by atoms with E-state index in [2.05, 4.69) is 15.5 Å². The third-order valence-corrected chi connectivity index (χ3v) is 1.65. The first-order valence-corrected chi connectivity index (χ1v) is 3.78. The summed E-state index contributed by atoms with van der Waals surface area (Å²) in [6.45, 7) is 0. The number of hydrogen-bond acceptors (Lipinski definition) is 5. The minimum absolute atomic E-state index is 0.278. The van der Waals surface area contributed by atoms with Crippen molar-refractivity contribution in [1.29, 1.82) is 0 Å². The third-order valence-electron chi connectivity index (χ3n) is 1.65. The summed E-state index contributed by atoms with van der Waals surface area (Å²) in [5, 5.41) is 0. The van der Waals surface area contributed by atoms with Crippen molar-refractivity contribution in [3.05, 3.63) is 35.4 Å². The Hall–Kier alpha value is -1.88. The summed E-state index contributed by atoms with van der Waals surface area (Å²) < 4.78 is 4.48. The summed E-state index contributed by atoms with van der Waals surface area (Å²) in [7, 11) is 1.28. The molecule has 1 aromatic carbocycles. The van der Waals surface area contributed by atoms with Crippen molar-refractivity contribution in [3.8, 4) is 0 Å². The van der Waals surface area contributed by atoms with Gasteiger partial charge in [-0.2, -0.15) is 5.90 Å². The smallest absolute Gasteiger partial charge is 0.356 e. The van der Waals surface area contributed by atoms with E-state index in [0.29, 0.717) is 5.56 Å². The Balaban J connectivity index is 2.89. The van der Waals surface area contributed by atoms with Crippen LogP contribution in [0.2, 0.25) is 0 Å². The fraction of sp³-hybridized carbons (Fsp3) is 0.111. The van der Waals surface area contributed by atoms with Gasteiger partial charge >= 0.3 is 11.9 Å². The summed E-state index contributed by atoms with van der Waals surface area (Å²) in [5.41, 5.74) is 0.640. The van der Waals surface area contributed by atoms with Crippen LogP contribution in [0.15, 0.2) is 24.3 Å². The van der Waals surface area contributed by atoms with Gasteiger partial charge in [0.05, 0.1) is 18.2 Å². The second kappa shape index (κ2) is 4.38. The summed E-state index contributed by atoms with van der Waals surface area (Å²) in [6, 6.07) is 5.78. The largest absolute Gasteiger partial charge is 0.465 e. The van der Waals surface area contributed by atoms with Crippen molar-refractivity contribution in [1.82, 2.24) is 0 Å². The molecule has 0 radical (unpaired) electrons. The summed E-state index contributed by atoms with van der Waals surface area (Å²) in [5.74, 6) is 3.57. The molecule has 0 fully saturated rings. The second-order valence-corrected chi connectivity index (χ2v) is 2.47. The average molecular weight is 195 g/mol. The number of nitrogens with two attached hydrogens (primary N) is 1. The highest BCUT2D eigenvalue weighted by molar-refractivity contribution is 5.93. The highest BCUT2D eigenvalue weighted by Gasteiger charge is 2.08. The van der Waals surface area contributed by atoms with Gasteiger partial charge in [0.15, 0.2) is 0 Å². The van der Waals surface area contributed by atoms with Gasteiger partial charge in [-0.15, -0.1) is 0 Å². The molecule has 0 amide bonds. The molecule has 74 valence electrons. The van der Waals surface area contributed by atoms with Gasteiger partial charge in [0.2, 0.25) is 0 Å². The van der Waals surface area contributed by atoms with Crippen molar-refractivity contribution < 1.29 is 19.2 Å². The first kappa shape index (κ1) is 10.2. The molecule has 0 aliphatic rings. The number of ether oxygens (including phenoxy) is 1. The lowest BCUT2D eigenvalue weighted by atomic mass is 10.1. The minimum Gasteiger partial charge on any atom is -0.465 e. The summed E-state index contributed by atoms with van der Waals surface area (Å²) >= 11 is 0. The molecule has 0 aromatic heterocycles. The summed E-state index contributed by atoms with van der Waals surface area (Å²) in [4.78, 5) is 25.9. The number of esters is 1. The lowest BCUT2D eigenvalue weighted by Crippen LogP contribution is -2.10. The molecule has 0 saturated carbocycles. The van der Waals surface area contributed by atoms with Gasteiger partial charge in [-0.1, -0.05) is 0 Å². The fourth-order valence-corrected chi connectivity index (χ4v) is 0.928. The maximum Gasteiger partial charge on any atom is 0.356 e. The van der Waals surface area contributed by atoms with E-state index in [1.165, 1.54) is 31.4 Å². The number of benzene rings is 1. The van der Waals surface area contributed by atoms with E-state index in [1.54, 1.807) is 0 Å². The van der Waals surface area contributed by atoms with Crippen LogP contribution in [-0.4, -0.2) is 19.0 Å². The molecule has 14 heavy (non-hydrogen) atoms. The van der Waals surface area contributed by atoms with Crippen LogP contribution in [0, 0.1) is 0 Å². The van der Waals surface area contributed by atoms with Crippen LogP contribution >= 0.6 is 0 Å². The molecule has 1 aromatic rings. The monoisotopic (exact) mass is 195 g/mol. The highest BCUT2D eigenvalue weighted by Crippen LogP contribution is 2.06. The van der Waals surface area contributed by atoms with E-state index in [0.717, 1.165) is 0 Å². The van der Waals surface area contributed by atoms with Gasteiger partial charge in [0.25, 0.3) is 0 Å². The van der Waals surface area contributed by atoms with Crippen LogP contribution in [0.1, 0.15) is 20.7 Å². The normalized spacial score (nSPS) is 9.29. The quantitative estimate of drug-likeness (QED) is 0.549. The molecule has 0 unspecified atom stereocenters. The maximum atomic E-state index is 11.0. The standard InChI is InChI=1S/C9H9NO4/c1-13-8(11)6-2-4-7(5-3-6)9(12)14-10/h2-5H,10H2,1H3. The molecule has 5 heteroatoms. The Labute approximate surface area is 80.4 Å². The SMILES string of the molecule is COC(=O)c1ccc(C(=O)ON)cc1. The molecule has 2 N–H and O–H groups in total. The van der Waals surface area contributed by atoms with Crippen molar-refractivity contribution in [2.45, 2.75) is 0 Å². The van der Waals surface area contributed by atoms with Gasteiger partial charge < -0.3 is 9.57 Å². The first-order chi connectivity index (χ1) is 6.69. The Morgan fingerprint density at radius 2 is 1.50 bits per heavy atom. The number of methoxy groups -OCH3 is 1. The van der Waals surface area contributed by atoms with Crippen molar-refractivity contribution in [3.63, 3.8) is 0 Å². The van der Waals surface area contributed by atoms with Gasteiger partial charge in [-0.25, -0.2) is 9.59 Å². The molecule has 1 rings (SSSR count). The average Bonchev–Trinajstić information content (AvgIpc) is 2.27. The fourth-order valence-electron chi connectivity index (χ4n) is 0.928. The number of carbonyl (C=O) groups is 2. The Kier molecular flexibility index (Phi) is 3.19. The number of rotatable bonds is 2. The van der Waals surface area contributed by atoms with E-state index < -0.39 is 11.9 Å². The van der Waals surface area contributed by atoms with E-state index in [-0.39, 0.29) is 5.56 Å². The molecule has 0 aliphatic heterocycles. The summed E-state index contributed by atoms with van der Waals surface area (Å²) in [6.07, 6.45) is 0. The Bertz CT molecular complexity index is 309. The van der Waals surface area contributed by atoms with Crippen LogP contribution in [0.3, 0.4) is 0 Å². The predicted octanol–water partition coefficient (Wildman–Crippen LogP) is 0.504. The molecule has 0 saturated heterocycles. The molecule has 0 heterocycles. The zero-order chi connectivity index (χ0) is 10.6. The molecular formula is C9H9NO4. The molecule has 0 bridgehead atoms. The lowest BCUT2D eigenvalue weighted by molar-refractivity contribution is 0.0501. The van der Waals surface area contributed by atoms with Crippen molar-refractivity contribution >= 4 is 11.9 Å². The Morgan fingerprint density at radius 1 is 1.07 bits per heavy atom. The number of hydrogen-bond donors (Lipinski definition) is 1. The molecule has 0 aliphatic carbocycles. The maximum absolute atomic E-state index is 11.0. The van der Waals surface area contributed by atoms with Crippen LogP contribution in [0.25, 0.3) is 0 Å². The van der Waals surface area contributed by atoms with E-state index >= 15 is 0 Å². The van der Waals surface area contributed by atoms with Crippen molar-refractivity contribution in [2.75, 3.05) is 7.11 Å². The zero-order valence-electron chi connectivity index (χ0n) is 7.52. The van der Waals surface area contributed by atoms with E-state index in [4.69, 9.17) is 0 Å². The second-order valence-electron chi connectivity index (χ2n) is 2.47. The van der Waals surface area contributed by atoms with Crippen LogP contribution in [0.4, 0.5) is 0 Å². The molecular weight excluding hydrogens is 186 g/mol. The van der Waals surface area contributed by atoms with E-state index in [1.807, 2.05) is 0 Å².